The summed E-state index contributed by atoms with van der Waals surface area (Å²) in [7, 11) is 1.57. The van der Waals surface area contributed by atoms with Crippen LogP contribution >= 0.6 is 0 Å². The highest BCUT2D eigenvalue weighted by atomic mass is 16.5. The van der Waals surface area contributed by atoms with Crippen molar-refractivity contribution in [3.63, 3.8) is 0 Å². The Hall–Kier alpha value is -2.08. The predicted octanol–water partition coefficient (Wildman–Crippen LogP) is 1.79. The number of benzene rings is 1. The molecule has 1 aliphatic rings. The molecule has 0 spiro atoms. The van der Waals surface area contributed by atoms with Crippen molar-refractivity contribution in [2.45, 2.75) is 31.9 Å². The highest BCUT2D eigenvalue weighted by Gasteiger charge is 2.37. The number of amides is 1. The van der Waals surface area contributed by atoms with Gasteiger partial charge in [-0.1, -0.05) is 12.1 Å². The maximum atomic E-state index is 12.8. The molecule has 2 unspecified atom stereocenters. The number of rotatable bonds is 6. The molecule has 1 saturated heterocycles. The normalized spacial score (nSPS) is 20.9. The molecule has 1 aliphatic heterocycles. The molecular formula is C16H21NO5. The second-order valence-electron chi connectivity index (χ2n) is 5.23. The number of hydrogen-bond donors (Lipinski definition) is 1. The fraction of sp³-hybridized carbons (Fsp3) is 0.500. The Morgan fingerprint density at radius 1 is 1.36 bits per heavy atom. The van der Waals surface area contributed by atoms with Crippen molar-refractivity contribution in [3.8, 4) is 5.75 Å². The van der Waals surface area contributed by atoms with Crippen LogP contribution in [0.2, 0.25) is 0 Å². The molecular weight excluding hydrogens is 286 g/mol. The van der Waals surface area contributed by atoms with E-state index in [2.05, 4.69) is 0 Å². The van der Waals surface area contributed by atoms with Crippen molar-refractivity contribution in [2.75, 3.05) is 20.3 Å². The van der Waals surface area contributed by atoms with Crippen molar-refractivity contribution in [1.82, 2.24) is 4.90 Å². The van der Waals surface area contributed by atoms with Crippen LogP contribution in [0.25, 0.3) is 0 Å². The van der Waals surface area contributed by atoms with Crippen LogP contribution in [0, 0.1) is 0 Å². The minimum Gasteiger partial charge on any atom is -0.493 e. The Balaban J connectivity index is 2.24. The van der Waals surface area contributed by atoms with Gasteiger partial charge in [0.25, 0.3) is 5.91 Å². The van der Waals surface area contributed by atoms with Gasteiger partial charge in [0.05, 0.1) is 24.7 Å². The lowest BCUT2D eigenvalue weighted by Crippen LogP contribution is -2.37. The minimum absolute atomic E-state index is 0.0810. The molecule has 6 nitrogen and oxygen atoms in total. The van der Waals surface area contributed by atoms with E-state index in [-0.39, 0.29) is 24.5 Å². The molecule has 0 bridgehead atoms. The summed E-state index contributed by atoms with van der Waals surface area (Å²) in [5, 5.41) is 9.04. The van der Waals surface area contributed by atoms with E-state index in [1.54, 1.807) is 36.3 Å². The van der Waals surface area contributed by atoms with E-state index in [1.165, 1.54) is 0 Å². The second kappa shape index (κ2) is 7.26. The molecule has 1 aromatic rings. The third-order valence-electron chi connectivity index (χ3n) is 3.80. The topological polar surface area (TPSA) is 76.1 Å². The Kier molecular flexibility index (Phi) is 5.38. The van der Waals surface area contributed by atoms with Crippen LogP contribution in [0.1, 0.15) is 30.1 Å². The first-order valence-corrected chi connectivity index (χ1v) is 7.34. The van der Waals surface area contributed by atoms with E-state index in [9.17, 15) is 9.59 Å². The predicted molar refractivity (Wildman–Crippen MR) is 80.1 cm³/mol. The van der Waals surface area contributed by atoms with Crippen LogP contribution in [0.15, 0.2) is 24.3 Å². The molecule has 22 heavy (non-hydrogen) atoms. The molecule has 6 heteroatoms. The average Bonchev–Trinajstić information content (AvgIpc) is 2.89. The van der Waals surface area contributed by atoms with Gasteiger partial charge in [-0.3, -0.25) is 9.59 Å². The first-order valence-electron chi connectivity index (χ1n) is 7.34. The smallest absolute Gasteiger partial charge is 0.305 e. The van der Waals surface area contributed by atoms with E-state index in [0.717, 1.165) is 0 Å². The number of carboxylic acids is 1. The van der Waals surface area contributed by atoms with E-state index < -0.39 is 5.97 Å². The summed E-state index contributed by atoms with van der Waals surface area (Å²) < 4.78 is 10.8. The highest BCUT2D eigenvalue weighted by Crippen LogP contribution is 2.27. The Bertz CT molecular complexity index is 545. The summed E-state index contributed by atoms with van der Waals surface area (Å²) >= 11 is 0. The van der Waals surface area contributed by atoms with Crippen LogP contribution in [0.5, 0.6) is 5.75 Å². The Morgan fingerprint density at radius 2 is 2.09 bits per heavy atom. The number of likely N-dealkylation sites (tertiary alicyclic amines) is 1. The highest BCUT2D eigenvalue weighted by molar-refractivity contribution is 5.97. The number of hydrogen-bond acceptors (Lipinski definition) is 4. The Labute approximate surface area is 129 Å². The molecule has 120 valence electrons. The molecule has 1 amide bonds. The van der Waals surface area contributed by atoms with Crippen molar-refractivity contribution in [3.05, 3.63) is 29.8 Å². The van der Waals surface area contributed by atoms with Crippen molar-refractivity contribution in [1.29, 1.82) is 0 Å². The molecule has 2 rings (SSSR count). The van der Waals surface area contributed by atoms with Crippen LogP contribution in [-0.4, -0.2) is 54.3 Å². The third kappa shape index (κ3) is 3.57. The maximum Gasteiger partial charge on any atom is 0.305 e. The van der Waals surface area contributed by atoms with E-state index in [0.29, 0.717) is 30.9 Å². The average molecular weight is 307 g/mol. The lowest BCUT2D eigenvalue weighted by molar-refractivity contribution is -0.137. The van der Waals surface area contributed by atoms with Crippen molar-refractivity contribution < 1.29 is 24.2 Å². The van der Waals surface area contributed by atoms with Gasteiger partial charge in [0.2, 0.25) is 0 Å². The number of methoxy groups -OCH3 is 1. The summed E-state index contributed by atoms with van der Waals surface area (Å²) in [4.78, 5) is 25.4. The second-order valence-corrected chi connectivity index (χ2v) is 5.23. The lowest BCUT2D eigenvalue weighted by Gasteiger charge is -2.24. The van der Waals surface area contributed by atoms with Gasteiger partial charge in [0.15, 0.2) is 0 Å². The van der Waals surface area contributed by atoms with Gasteiger partial charge in [-0.05, 0) is 25.5 Å². The molecule has 1 aromatic carbocycles. The van der Waals surface area contributed by atoms with Crippen LogP contribution < -0.4 is 4.74 Å². The first kappa shape index (κ1) is 16.3. The molecule has 2 atom stereocenters. The zero-order valence-corrected chi connectivity index (χ0v) is 12.8. The largest absolute Gasteiger partial charge is 0.493 e. The third-order valence-corrected chi connectivity index (χ3v) is 3.80. The standard InChI is InChI=1S/C16H21NO5/c1-3-22-14-7-5-4-6-13(14)16(20)17-10-12(21-2)8-11(17)9-15(18)19/h4-7,11-12H,3,8-10H2,1-2H3,(H,18,19). The van der Waals surface area contributed by atoms with Gasteiger partial charge >= 0.3 is 5.97 Å². The summed E-state index contributed by atoms with van der Waals surface area (Å²) in [6, 6.07) is 6.66. The van der Waals surface area contributed by atoms with Gasteiger partial charge in [-0.15, -0.1) is 0 Å². The van der Waals surface area contributed by atoms with E-state index in [1.807, 2.05) is 6.92 Å². The molecule has 0 saturated carbocycles. The van der Waals surface area contributed by atoms with Crippen molar-refractivity contribution >= 4 is 11.9 Å². The lowest BCUT2D eigenvalue weighted by atomic mass is 10.1. The number of ether oxygens (including phenoxy) is 2. The van der Waals surface area contributed by atoms with Crippen LogP contribution in [0.3, 0.4) is 0 Å². The summed E-state index contributed by atoms with van der Waals surface area (Å²) in [5.41, 5.74) is 0.455. The number of aliphatic carboxylic acids is 1. The fourth-order valence-corrected chi connectivity index (χ4v) is 2.77. The maximum absolute atomic E-state index is 12.8. The fourth-order valence-electron chi connectivity index (χ4n) is 2.77. The van der Waals surface area contributed by atoms with E-state index in [4.69, 9.17) is 14.6 Å². The molecule has 0 radical (unpaired) electrons. The quantitative estimate of drug-likeness (QED) is 0.867. The van der Waals surface area contributed by atoms with Crippen LogP contribution in [0.4, 0.5) is 0 Å². The number of carbonyl (C=O) groups excluding carboxylic acids is 1. The number of nitrogens with zero attached hydrogens (tertiary/aromatic N) is 1. The molecule has 0 aromatic heterocycles. The molecule has 1 heterocycles. The molecule has 1 fully saturated rings. The van der Waals surface area contributed by atoms with E-state index >= 15 is 0 Å². The number of carbonyl (C=O) groups is 2. The number of carboxylic acid groups (broad SMARTS) is 1. The van der Waals surface area contributed by atoms with Crippen molar-refractivity contribution in [2.24, 2.45) is 0 Å². The number of para-hydroxylation sites is 1. The zero-order valence-electron chi connectivity index (χ0n) is 12.8. The summed E-state index contributed by atoms with van der Waals surface area (Å²) in [6.45, 7) is 2.71. The van der Waals surface area contributed by atoms with Crippen LogP contribution in [-0.2, 0) is 9.53 Å². The zero-order chi connectivity index (χ0) is 16.1. The SMILES string of the molecule is CCOc1ccccc1C(=O)N1CC(OC)CC1CC(=O)O. The van der Waals surface area contributed by atoms with Gasteiger partial charge in [0.1, 0.15) is 5.75 Å². The summed E-state index contributed by atoms with van der Waals surface area (Å²) in [6.07, 6.45) is 0.320. The molecule has 1 N–H and O–H groups in total. The van der Waals surface area contributed by atoms with Gasteiger partial charge in [0, 0.05) is 19.7 Å². The van der Waals surface area contributed by atoms with Gasteiger partial charge in [-0.2, -0.15) is 0 Å². The Morgan fingerprint density at radius 3 is 2.73 bits per heavy atom. The monoisotopic (exact) mass is 307 g/mol. The first-order chi connectivity index (χ1) is 10.6. The summed E-state index contributed by atoms with van der Waals surface area (Å²) in [5.74, 6) is -0.613. The van der Waals surface area contributed by atoms with Gasteiger partial charge < -0.3 is 19.5 Å². The minimum atomic E-state index is -0.919. The van der Waals surface area contributed by atoms with Gasteiger partial charge in [-0.25, -0.2) is 0 Å². The molecule has 0 aliphatic carbocycles.